The van der Waals surface area contributed by atoms with E-state index in [2.05, 4.69) is 169 Å². The lowest BCUT2D eigenvalue weighted by Crippen LogP contribution is -2.44. The van der Waals surface area contributed by atoms with Crippen LogP contribution in [0.25, 0.3) is 22.1 Å². The summed E-state index contributed by atoms with van der Waals surface area (Å²) in [4.78, 5) is 32.6. The summed E-state index contributed by atoms with van der Waals surface area (Å²) in [5.74, 6) is 2.64. The number of amides is 1. The second-order valence-corrected chi connectivity index (χ2v) is 19.3. The van der Waals surface area contributed by atoms with Gasteiger partial charge >= 0.3 is 0 Å². The Kier molecular flexibility index (Phi) is 11.7. The molecular formula is C52H60N14O. The van der Waals surface area contributed by atoms with Crippen molar-refractivity contribution < 1.29 is 4.79 Å². The fourth-order valence-electron chi connectivity index (χ4n) is 9.49. The lowest BCUT2D eigenvalue weighted by Gasteiger charge is -2.39. The SMILES string of the molecule is CC(=O)N1Cc2cc(Nc3ncc4c(Nc5c(C)cccc5C)nn(C)c4n3)ccc2C(C)(C)C1.Cc1cccc(C)c1Nc1nn(C)c2nc(Nc3ccc4c(c3)CNCC4(C)C)ncc12. The number of carbonyl (C=O) groups excluding carboxylic acids is 1. The van der Waals surface area contributed by atoms with Gasteiger partial charge in [0.2, 0.25) is 17.8 Å². The van der Waals surface area contributed by atoms with E-state index in [1.54, 1.807) is 22.5 Å². The number of carbonyl (C=O) groups is 1. The molecule has 0 unspecified atom stereocenters. The third-order valence-corrected chi connectivity index (χ3v) is 13.1. The molecule has 344 valence electrons. The molecule has 2 aliphatic rings. The van der Waals surface area contributed by atoms with E-state index in [0.717, 1.165) is 92.8 Å². The van der Waals surface area contributed by atoms with E-state index in [-0.39, 0.29) is 16.7 Å². The molecule has 0 atom stereocenters. The molecule has 0 bridgehead atoms. The second-order valence-electron chi connectivity index (χ2n) is 19.3. The minimum atomic E-state index is -0.0965. The van der Waals surface area contributed by atoms with Crippen molar-refractivity contribution in [2.24, 2.45) is 14.1 Å². The summed E-state index contributed by atoms with van der Waals surface area (Å²) in [6.07, 6.45) is 3.63. The van der Waals surface area contributed by atoms with Crippen LogP contribution in [0.5, 0.6) is 0 Å². The molecule has 8 aromatic rings. The van der Waals surface area contributed by atoms with Gasteiger partial charge in [0.25, 0.3) is 0 Å². The van der Waals surface area contributed by atoms with Crippen molar-refractivity contribution in [1.29, 1.82) is 0 Å². The van der Waals surface area contributed by atoms with Gasteiger partial charge < -0.3 is 31.5 Å². The van der Waals surface area contributed by atoms with Crippen LogP contribution in [-0.2, 0) is 42.8 Å². The highest BCUT2D eigenvalue weighted by molar-refractivity contribution is 5.91. The predicted octanol–water partition coefficient (Wildman–Crippen LogP) is 9.96. The number of aromatic nitrogens is 8. The zero-order chi connectivity index (χ0) is 47.4. The quantitative estimate of drug-likeness (QED) is 0.0981. The molecule has 5 N–H and O–H groups in total. The second kappa shape index (κ2) is 17.4. The van der Waals surface area contributed by atoms with Crippen LogP contribution in [0.1, 0.15) is 79.1 Å². The summed E-state index contributed by atoms with van der Waals surface area (Å²) in [5, 5.41) is 28.2. The van der Waals surface area contributed by atoms with E-state index in [9.17, 15) is 4.79 Å². The molecule has 0 saturated carbocycles. The Balaban J connectivity index is 0.000000169. The van der Waals surface area contributed by atoms with Crippen LogP contribution in [-0.4, -0.2) is 63.4 Å². The number of para-hydroxylation sites is 2. The van der Waals surface area contributed by atoms with Gasteiger partial charge in [-0.15, -0.1) is 0 Å². The first kappa shape index (κ1) is 44.8. The third kappa shape index (κ3) is 8.98. The van der Waals surface area contributed by atoms with Gasteiger partial charge in [0, 0.05) is 93.2 Å². The van der Waals surface area contributed by atoms with Gasteiger partial charge in [0.15, 0.2) is 22.9 Å². The zero-order valence-electron chi connectivity index (χ0n) is 40.3. The molecule has 0 saturated heterocycles. The van der Waals surface area contributed by atoms with Gasteiger partial charge in [0.1, 0.15) is 0 Å². The summed E-state index contributed by atoms with van der Waals surface area (Å²) in [6, 6.07) is 25.2. The molecular weight excluding hydrogens is 837 g/mol. The number of hydrogen-bond acceptors (Lipinski definition) is 12. The molecule has 4 aromatic heterocycles. The average molecular weight is 897 g/mol. The average Bonchev–Trinajstić information content (AvgIpc) is 3.76. The van der Waals surface area contributed by atoms with Gasteiger partial charge in [-0.25, -0.2) is 19.3 Å². The summed E-state index contributed by atoms with van der Waals surface area (Å²) < 4.78 is 3.55. The Labute approximate surface area is 391 Å². The number of aryl methyl sites for hydroxylation is 6. The molecule has 0 spiro atoms. The largest absolute Gasteiger partial charge is 0.338 e. The molecule has 0 aliphatic carbocycles. The zero-order valence-corrected chi connectivity index (χ0v) is 40.3. The minimum Gasteiger partial charge on any atom is -0.338 e. The molecule has 2 aliphatic heterocycles. The van der Waals surface area contributed by atoms with E-state index in [1.165, 1.54) is 27.8 Å². The first-order valence-corrected chi connectivity index (χ1v) is 22.8. The fraction of sp³-hybridized carbons (Fsp3) is 0.327. The summed E-state index contributed by atoms with van der Waals surface area (Å²) in [5.41, 5.74) is 15.3. The van der Waals surface area contributed by atoms with E-state index >= 15 is 0 Å². The highest BCUT2D eigenvalue weighted by Gasteiger charge is 2.33. The monoisotopic (exact) mass is 897 g/mol. The minimum absolute atomic E-state index is 0.0948. The first-order chi connectivity index (χ1) is 31.9. The van der Waals surface area contributed by atoms with Crippen LogP contribution in [0.3, 0.4) is 0 Å². The van der Waals surface area contributed by atoms with Gasteiger partial charge in [0.05, 0.1) is 10.8 Å². The van der Waals surface area contributed by atoms with E-state index in [4.69, 9.17) is 9.97 Å². The normalized spacial score (nSPS) is 14.8. The smallest absolute Gasteiger partial charge is 0.229 e. The summed E-state index contributed by atoms with van der Waals surface area (Å²) in [6.45, 7) is 22.1. The maximum Gasteiger partial charge on any atom is 0.229 e. The number of nitrogens with zero attached hydrogens (tertiary/aromatic N) is 9. The molecule has 15 nitrogen and oxygen atoms in total. The van der Waals surface area contributed by atoms with E-state index < -0.39 is 0 Å². The Morgan fingerprint density at radius 1 is 0.627 bits per heavy atom. The van der Waals surface area contributed by atoms with Crippen LogP contribution in [0.15, 0.2) is 85.2 Å². The topological polar surface area (TPSA) is 168 Å². The molecule has 0 fully saturated rings. The Hall–Kier alpha value is -7.39. The number of benzene rings is 4. The maximum absolute atomic E-state index is 12.1. The van der Waals surface area contributed by atoms with Crippen molar-refractivity contribution in [3.05, 3.63) is 130 Å². The van der Waals surface area contributed by atoms with Crippen LogP contribution < -0.4 is 26.6 Å². The molecule has 1 amide bonds. The van der Waals surface area contributed by atoms with E-state index in [1.807, 2.05) is 31.3 Å². The van der Waals surface area contributed by atoms with Gasteiger partial charge in [-0.2, -0.15) is 20.2 Å². The number of hydrogen-bond donors (Lipinski definition) is 5. The predicted molar refractivity (Wildman–Crippen MR) is 269 cm³/mol. The van der Waals surface area contributed by atoms with Gasteiger partial charge in [-0.05, 0) is 96.5 Å². The van der Waals surface area contributed by atoms with Crippen molar-refractivity contribution in [1.82, 2.24) is 49.7 Å². The van der Waals surface area contributed by atoms with Crippen molar-refractivity contribution >= 4 is 74.3 Å². The highest BCUT2D eigenvalue weighted by atomic mass is 16.2. The number of anilines is 8. The number of rotatable bonds is 8. The van der Waals surface area contributed by atoms with Crippen molar-refractivity contribution in [3.63, 3.8) is 0 Å². The Morgan fingerprint density at radius 2 is 1.09 bits per heavy atom. The summed E-state index contributed by atoms with van der Waals surface area (Å²) >= 11 is 0. The molecule has 67 heavy (non-hydrogen) atoms. The molecule has 4 aromatic carbocycles. The Bertz CT molecular complexity index is 3160. The first-order valence-electron chi connectivity index (χ1n) is 22.8. The molecule has 15 heteroatoms. The fourth-order valence-corrected chi connectivity index (χ4v) is 9.49. The number of nitrogens with one attached hydrogen (secondary N) is 5. The lowest BCUT2D eigenvalue weighted by atomic mass is 9.78. The molecule has 10 rings (SSSR count). The van der Waals surface area contributed by atoms with Gasteiger partial charge in [-0.3, -0.25) is 4.79 Å². The van der Waals surface area contributed by atoms with Crippen LogP contribution in [0, 0.1) is 27.7 Å². The Morgan fingerprint density at radius 3 is 1.57 bits per heavy atom. The summed E-state index contributed by atoms with van der Waals surface area (Å²) in [7, 11) is 3.79. The standard InChI is InChI=1S/C27H31N7O.C25H29N7/c1-16-8-7-9-17(2)23(16)30-24-21-13-28-26(31-25(21)33(6)32-24)29-20-10-11-22-19(12-20)14-34(18(3)35)15-27(22,4)5;1-15-7-6-8-16(2)21(15)29-22-19-13-27-24(30-23(19)32(5)31-22)28-18-9-10-20-17(11-18)12-26-14-25(20,3)4/h7-13H,14-15H2,1-6H3,(H,30,32)(H,28,29,31);6-11,13,26H,12,14H2,1-5H3,(H,29,31)(H,27,28,30). The van der Waals surface area contributed by atoms with Gasteiger partial charge in [-0.1, -0.05) is 76.2 Å². The molecule has 0 radical (unpaired) electrons. The van der Waals surface area contributed by atoms with E-state index in [0.29, 0.717) is 18.4 Å². The van der Waals surface area contributed by atoms with Crippen molar-refractivity contribution in [3.8, 4) is 0 Å². The number of fused-ring (bicyclic) bond motifs is 4. The van der Waals surface area contributed by atoms with Crippen LogP contribution in [0.2, 0.25) is 0 Å². The third-order valence-electron chi connectivity index (χ3n) is 13.1. The molecule has 6 heterocycles. The lowest BCUT2D eigenvalue weighted by molar-refractivity contribution is -0.130. The van der Waals surface area contributed by atoms with Crippen molar-refractivity contribution in [2.45, 2.75) is 86.2 Å². The highest BCUT2D eigenvalue weighted by Crippen LogP contribution is 2.37. The maximum atomic E-state index is 12.1. The van der Waals surface area contributed by atoms with Crippen LogP contribution in [0.4, 0.5) is 46.3 Å². The van der Waals surface area contributed by atoms with Crippen molar-refractivity contribution in [2.75, 3.05) is 34.4 Å². The van der Waals surface area contributed by atoms with Crippen LogP contribution >= 0.6 is 0 Å².